The van der Waals surface area contributed by atoms with Gasteiger partial charge in [0.05, 0.1) is 24.8 Å². The first-order valence-electron chi connectivity index (χ1n) is 6.45. The minimum Gasteiger partial charge on any atom is -0.496 e. The first kappa shape index (κ1) is 15.4. The average molecular weight is 314 g/mol. The summed E-state index contributed by atoms with van der Waals surface area (Å²) in [6, 6.07) is 2.16. The first-order valence-corrected chi connectivity index (χ1v) is 6.82. The Morgan fingerprint density at radius 3 is 2.52 bits per heavy atom. The Labute approximate surface area is 127 Å². The molecule has 0 bridgehead atoms. The number of likely N-dealkylation sites (tertiary alicyclic amines) is 1. The van der Waals surface area contributed by atoms with Gasteiger partial charge in [-0.25, -0.2) is 4.79 Å². The van der Waals surface area contributed by atoms with Crippen LogP contribution in [0.1, 0.15) is 23.2 Å². The van der Waals surface area contributed by atoms with Crippen molar-refractivity contribution in [3.05, 3.63) is 22.7 Å². The second-order valence-electron chi connectivity index (χ2n) is 4.68. The van der Waals surface area contributed by atoms with E-state index in [1.165, 1.54) is 31.3 Å². The van der Waals surface area contributed by atoms with Gasteiger partial charge in [0.2, 0.25) is 0 Å². The number of carbonyl (C=O) groups is 2. The van der Waals surface area contributed by atoms with E-state index in [9.17, 15) is 14.7 Å². The smallest absolute Gasteiger partial charge is 0.326 e. The van der Waals surface area contributed by atoms with Crippen molar-refractivity contribution >= 4 is 23.5 Å². The minimum absolute atomic E-state index is 0.233. The molecule has 6 nitrogen and oxygen atoms in total. The molecular formula is C14H16ClNO5. The summed E-state index contributed by atoms with van der Waals surface area (Å²) >= 11 is 6.04. The van der Waals surface area contributed by atoms with E-state index in [0.717, 1.165) is 0 Å². The number of hydrogen-bond donors (Lipinski definition) is 1. The van der Waals surface area contributed by atoms with Gasteiger partial charge < -0.3 is 19.5 Å². The number of carboxylic acid groups (broad SMARTS) is 1. The lowest BCUT2D eigenvalue weighted by Crippen LogP contribution is -2.40. The Bertz CT molecular complexity index is 575. The summed E-state index contributed by atoms with van der Waals surface area (Å²) in [6.45, 7) is 0.405. The molecule has 1 aliphatic heterocycles. The van der Waals surface area contributed by atoms with E-state index in [-0.39, 0.29) is 10.6 Å². The van der Waals surface area contributed by atoms with Crippen LogP contribution in [0.4, 0.5) is 0 Å². The minimum atomic E-state index is -1.00. The maximum absolute atomic E-state index is 12.6. The van der Waals surface area contributed by atoms with E-state index in [0.29, 0.717) is 30.9 Å². The Morgan fingerprint density at radius 1 is 1.29 bits per heavy atom. The molecule has 1 aromatic rings. The van der Waals surface area contributed by atoms with Gasteiger partial charge in [-0.15, -0.1) is 0 Å². The molecule has 21 heavy (non-hydrogen) atoms. The first-order chi connectivity index (χ1) is 9.99. The second-order valence-corrected chi connectivity index (χ2v) is 5.09. The molecule has 114 valence electrons. The fourth-order valence-corrected chi connectivity index (χ4v) is 2.69. The Morgan fingerprint density at radius 2 is 1.95 bits per heavy atom. The summed E-state index contributed by atoms with van der Waals surface area (Å²) in [5, 5.41) is 9.44. The largest absolute Gasteiger partial charge is 0.496 e. The van der Waals surface area contributed by atoms with Crippen LogP contribution in [-0.2, 0) is 4.79 Å². The monoisotopic (exact) mass is 313 g/mol. The van der Waals surface area contributed by atoms with Crippen molar-refractivity contribution in [2.24, 2.45) is 0 Å². The molecule has 1 saturated heterocycles. The zero-order valence-corrected chi connectivity index (χ0v) is 12.5. The van der Waals surface area contributed by atoms with E-state index in [1.807, 2.05) is 0 Å². The van der Waals surface area contributed by atoms with Gasteiger partial charge in [-0.05, 0) is 18.9 Å². The Balaban J connectivity index is 2.39. The Kier molecular flexibility index (Phi) is 4.57. The molecule has 0 aliphatic carbocycles. The van der Waals surface area contributed by atoms with Crippen molar-refractivity contribution in [1.29, 1.82) is 0 Å². The molecule has 7 heteroatoms. The van der Waals surface area contributed by atoms with Crippen LogP contribution in [0.3, 0.4) is 0 Å². The van der Waals surface area contributed by atoms with Gasteiger partial charge in [0.15, 0.2) is 0 Å². The molecule has 0 spiro atoms. The van der Waals surface area contributed by atoms with Crippen molar-refractivity contribution < 1.29 is 24.2 Å². The molecule has 0 saturated carbocycles. The van der Waals surface area contributed by atoms with Gasteiger partial charge in [-0.3, -0.25) is 4.79 Å². The van der Waals surface area contributed by atoms with Crippen LogP contribution >= 0.6 is 11.6 Å². The van der Waals surface area contributed by atoms with Crippen LogP contribution < -0.4 is 9.47 Å². The maximum atomic E-state index is 12.6. The van der Waals surface area contributed by atoms with Crippen LogP contribution in [-0.4, -0.2) is 48.7 Å². The van der Waals surface area contributed by atoms with E-state index in [4.69, 9.17) is 21.1 Å². The quantitative estimate of drug-likeness (QED) is 0.920. The lowest BCUT2D eigenvalue weighted by Gasteiger charge is -2.22. The van der Waals surface area contributed by atoms with Crippen molar-refractivity contribution in [3.63, 3.8) is 0 Å². The maximum Gasteiger partial charge on any atom is 0.326 e. The normalized spacial score (nSPS) is 17.7. The zero-order chi connectivity index (χ0) is 15.6. The highest BCUT2D eigenvalue weighted by Crippen LogP contribution is 2.34. The fraction of sp³-hybridized carbons (Fsp3) is 0.429. The summed E-state index contributed by atoms with van der Waals surface area (Å²) in [4.78, 5) is 25.1. The van der Waals surface area contributed by atoms with Crippen LogP contribution in [0.15, 0.2) is 12.1 Å². The average Bonchev–Trinajstić information content (AvgIpc) is 2.95. The van der Waals surface area contributed by atoms with Gasteiger partial charge in [0.25, 0.3) is 5.91 Å². The van der Waals surface area contributed by atoms with Crippen LogP contribution in [0.25, 0.3) is 0 Å². The van der Waals surface area contributed by atoms with Crippen molar-refractivity contribution in [3.8, 4) is 11.5 Å². The van der Waals surface area contributed by atoms with Gasteiger partial charge in [-0.1, -0.05) is 11.6 Å². The number of benzene rings is 1. The third-order valence-electron chi connectivity index (χ3n) is 3.50. The van der Waals surface area contributed by atoms with Gasteiger partial charge in [0, 0.05) is 12.6 Å². The topological polar surface area (TPSA) is 76.1 Å². The molecule has 0 aromatic heterocycles. The molecule has 1 N–H and O–H groups in total. The number of halogens is 1. The summed E-state index contributed by atoms with van der Waals surface area (Å²) < 4.78 is 10.3. The predicted octanol–water partition coefficient (Wildman–Crippen LogP) is 2.05. The summed E-state index contributed by atoms with van der Waals surface area (Å²) in [5.41, 5.74) is 0.233. The number of hydrogen-bond acceptors (Lipinski definition) is 4. The molecule has 1 aromatic carbocycles. The van der Waals surface area contributed by atoms with Gasteiger partial charge in [-0.2, -0.15) is 0 Å². The van der Waals surface area contributed by atoms with E-state index < -0.39 is 17.9 Å². The number of rotatable bonds is 4. The third-order valence-corrected chi connectivity index (χ3v) is 3.80. The zero-order valence-electron chi connectivity index (χ0n) is 11.8. The molecule has 1 fully saturated rings. The third kappa shape index (κ3) is 2.90. The predicted molar refractivity (Wildman–Crippen MR) is 76.3 cm³/mol. The standard InChI is InChI=1S/C14H16ClNO5/c1-20-11-7-12(21-2)9(15)6-8(11)13(17)16-5-3-4-10(16)14(18)19/h6-7,10H,3-5H2,1-2H3,(H,18,19). The lowest BCUT2D eigenvalue weighted by atomic mass is 10.1. The Hall–Kier alpha value is -1.95. The summed E-state index contributed by atoms with van der Waals surface area (Å²) in [6.07, 6.45) is 1.11. The van der Waals surface area contributed by atoms with Crippen LogP contribution in [0.2, 0.25) is 5.02 Å². The number of amides is 1. The van der Waals surface area contributed by atoms with Crippen LogP contribution in [0, 0.1) is 0 Å². The number of carboxylic acids is 1. The van der Waals surface area contributed by atoms with E-state index in [1.54, 1.807) is 0 Å². The molecule has 1 heterocycles. The highest BCUT2D eigenvalue weighted by molar-refractivity contribution is 6.32. The van der Waals surface area contributed by atoms with Crippen molar-refractivity contribution in [1.82, 2.24) is 4.90 Å². The second kappa shape index (κ2) is 6.22. The number of nitrogens with zero attached hydrogens (tertiary/aromatic N) is 1. The molecule has 1 amide bonds. The van der Waals surface area contributed by atoms with Crippen molar-refractivity contribution in [2.45, 2.75) is 18.9 Å². The summed E-state index contributed by atoms with van der Waals surface area (Å²) in [7, 11) is 2.89. The number of ether oxygens (including phenoxy) is 2. The molecule has 0 radical (unpaired) electrons. The lowest BCUT2D eigenvalue weighted by molar-refractivity contribution is -0.141. The summed E-state index contributed by atoms with van der Waals surface area (Å²) in [5.74, 6) is -0.709. The fourth-order valence-electron chi connectivity index (χ4n) is 2.45. The van der Waals surface area contributed by atoms with E-state index in [2.05, 4.69) is 0 Å². The SMILES string of the molecule is COc1cc(OC)c(C(=O)N2CCCC2C(=O)O)cc1Cl. The highest BCUT2D eigenvalue weighted by atomic mass is 35.5. The number of aliphatic carboxylic acids is 1. The van der Waals surface area contributed by atoms with E-state index >= 15 is 0 Å². The van der Waals surface area contributed by atoms with Crippen molar-refractivity contribution in [2.75, 3.05) is 20.8 Å². The van der Waals surface area contributed by atoms with Gasteiger partial charge in [0.1, 0.15) is 17.5 Å². The molecule has 1 atom stereocenters. The molecular weight excluding hydrogens is 298 g/mol. The van der Waals surface area contributed by atoms with Gasteiger partial charge >= 0.3 is 5.97 Å². The molecule has 1 unspecified atom stereocenters. The molecule has 2 rings (SSSR count). The molecule has 1 aliphatic rings. The van der Waals surface area contributed by atoms with Crippen LogP contribution in [0.5, 0.6) is 11.5 Å². The number of methoxy groups -OCH3 is 2. The number of carbonyl (C=O) groups excluding carboxylic acids is 1. The highest BCUT2D eigenvalue weighted by Gasteiger charge is 2.35.